The van der Waals surface area contributed by atoms with Gasteiger partial charge in [0.25, 0.3) is 15.9 Å². The number of hydrogen-bond acceptors (Lipinski definition) is 6. The number of nitrogens with one attached hydrogen (secondary N) is 2. The van der Waals surface area contributed by atoms with Crippen molar-refractivity contribution in [3.05, 3.63) is 89.2 Å². The van der Waals surface area contributed by atoms with Crippen LogP contribution >= 0.6 is 0 Å². The van der Waals surface area contributed by atoms with E-state index in [2.05, 4.69) is 14.9 Å². The third kappa shape index (κ3) is 6.65. The maximum Gasteiger partial charge on any atom is 0.261 e. The first-order chi connectivity index (χ1) is 17.8. The van der Waals surface area contributed by atoms with Crippen molar-refractivity contribution >= 4 is 21.6 Å². The van der Waals surface area contributed by atoms with Crippen molar-refractivity contribution in [3.63, 3.8) is 0 Å². The summed E-state index contributed by atoms with van der Waals surface area (Å²) in [5, 5.41) is 2.98. The van der Waals surface area contributed by atoms with Crippen LogP contribution in [0.2, 0.25) is 0 Å². The molecular weight excluding hydrogens is 497 g/mol. The maximum atomic E-state index is 13.9. The van der Waals surface area contributed by atoms with Crippen LogP contribution in [-0.2, 0) is 14.8 Å². The molecule has 2 N–H and O–H groups in total. The van der Waals surface area contributed by atoms with Gasteiger partial charge in [0, 0.05) is 30.9 Å². The number of ether oxygens (including phenoxy) is 2. The lowest BCUT2D eigenvalue weighted by Gasteiger charge is -2.35. The summed E-state index contributed by atoms with van der Waals surface area (Å²) in [6, 6.07) is 17.6. The molecule has 1 saturated heterocycles. The molecule has 37 heavy (non-hydrogen) atoms. The SMILES string of the molecule is COc1ccc([C@@H](CNC(=O)c2cccc(NS(=O)(=O)c3ccc(C)c(F)c3)c2)N2CCOCC2)cc1. The second kappa shape index (κ2) is 11.7. The highest BCUT2D eigenvalue weighted by Crippen LogP contribution is 2.24. The summed E-state index contributed by atoms with van der Waals surface area (Å²) in [6.07, 6.45) is 0. The van der Waals surface area contributed by atoms with Crippen LogP contribution in [0.3, 0.4) is 0 Å². The van der Waals surface area contributed by atoms with Crippen molar-refractivity contribution in [1.82, 2.24) is 10.2 Å². The van der Waals surface area contributed by atoms with E-state index in [9.17, 15) is 17.6 Å². The molecule has 196 valence electrons. The number of hydrogen-bond donors (Lipinski definition) is 2. The molecule has 0 aromatic heterocycles. The Morgan fingerprint density at radius 1 is 1.08 bits per heavy atom. The predicted octanol–water partition coefficient (Wildman–Crippen LogP) is 3.75. The largest absolute Gasteiger partial charge is 0.497 e. The molecule has 1 atom stereocenters. The van der Waals surface area contributed by atoms with Crippen LogP contribution in [0.25, 0.3) is 0 Å². The molecule has 0 bridgehead atoms. The monoisotopic (exact) mass is 527 g/mol. The number of rotatable bonds is 9. The molecule has 1 fully saturated rings. The summed E-state index contributed by atoms with van der Waals surface area (Å²) >= 11 is 0. The average Bonchev–Trinajstić information content (AvgIpc) is 2.91. The molecule has 0 unspecified atom stereocenters. The fourth-order valence-corrected chi connectivity index (χ4v) is 5.20. The smallest absolute Gasteiger partial charge is 0.261 e. The molecule has 8 nitrogen and oxygen atoms in total. The number of carbonyl (C=O) groups excluding carboxylic acids is 1. The van der Waals surface area contributed by atoms with Gasteiger partial charge < -0.3 is 14.8 Å². The molecule has 3 aromatic rings. The molecule has 1 heterocycles. The number of amides is 1. The van der Waals surface area contributed by atoms with Crippen LogP contribution < -0.4 is 14.8 Å². The van der Waals surface area contributed by atoms with Crippen LogP contribution in [0, 0.1) is 12.7 Å². The van der Waals surface area contributed by atoms with Crippen molar-refractivity contribution in [2.75, 3.05) is 44.7 Å². The summed E-state index contributed by atoms with van der Waals surface area (Å²) < 4.78 is 52.5. The van der Waals surface area contributed by atoms with E-state index in [0.29, 0.717) is 30.9 Å². The highest BCUT2D eigenvalue weighted by atomic mass is 32.2. The number of methoxy groups -OCH3 is 1. The van der Waals surface area contributed by atoms with Crippen LogP contribution in [-0.4, -0.2) is 59.2 Å². The average molecular weight is 528 g/mol. The molecule has 4 rings (SSSR count). The Labute approximate surface area is 216 Å². The van der Waals surface area contributed by atoms with Gasteiger partial charge >= 0.3 is 0 Å². The van der Waals surface area contributed by atoms with Gasteiger partial charge in [-0.3, -0.25) is 14.4 Å². The van der Waals surface area contributed by atoms with Gasteiger partial charge in [-0.05, 0) is 60.5 Å². The molecule has 0 aliphatic carbocycles. The number of sulfonamides is 1. The number of nitrogens with zero attached hydrogens (tertiary/aromatic N) is 1. The van der Waals surface area contributed by atoms with Crippen LogP contribution in [0.15, 0.2) is 71.6 Å². The zero-order chi connectivity index (χ0) is 26.4. The molecule has 0 spiro atoms. The second-order valence-corrected chi connectivity index (χ2v) is 10.4. The zero-order valence-electron chi connectivity index (χ0n) is 20.7. The third-order valence-electron chi connectivity index (χ3n) is 6.27. The lowest BCUT2D eigenvalue weighted by atomic mass is 10.0. The Morgan fingerprint density at radius 2 is 1.81 bits per heavy atom. The van der Waals surface area contributed by atoms with Gasteiger partial charge in [0.2, 0.25) is 0 Å². The van der Waals surface area contributed by atoms with Crippen LogP contribution in [0.5, 0.6) is 5.75 Å². The van der Waals surface area contributed by atoms with Crippen LogP contribution in [0.4, 0.5) is 10.1 Å². The van der Waals surface area contributed by atoms with Crippen molar-refractivity contribution in [2.45, 2.75) is 17.9 Å². The Balaban J connectivity index is 1.47. The topological polar surface area (TPSA) is 97.0 Å². The minimum atomic E-state index is -4.03. The summed E-state index contributed by atoms with van der Waals surface area (Å²) in [5.74, 6) is -0.196. The van der Waals surface area contributed by atoms with E-state index < -0.39 is 15.8 Å². The molecule has 1 aliphatic heterocycles. The Kier molecular flexibility index (Phi) is 8.42. The molecule has 1 aliphatic rings. The first kappa shape index (κ1) is 26.6. The van der Waals surface area contributed by atoms with E-state index in [1.165, 1.54) is 24.3 Å². The van der Waals surface area contributed by atoms with E-state index in [1.54, 1.807) is 26.2 Å². The van der Waals surface area contributed by atoms with Gasteiger partial charge in [-0.25, -0.2) is 12.8 Å². The normalized spacial score (nSPS) is 15.1. The van der Waals surface area contributed by atoms with Crippen molar-refractivity contribution in [1.29, 1.82) is 0 Å². The number of morpholine rings is 1. The first-order valence-corrected chi connectivity index (χ1v) is 13.4. The van der Waals surface area contributed by atoms with Gasteiger partial charge in [-0.15, -0.1) is 0 Å². The van der Waals surface area contributed by atoms with E-state index in [4.69, 9.17) is 9.47 Å². The number of anilines is 1. The summed E-state index contributed by atoms with van der Waals surface area (Å²) in [4.78, 5) is 15.1. The maximum absolute atomic E-state index is 13.9. The lowest BCUT2D eigenvalue weighted by molar-refractivity contribution is 0.0162. The van der Waals surface area contributed by atoms with E-state index in [0.717, 1.165) is 30.5 Å². The summed E-state index contributed by atoms with van der Waals surface area (Å²) in [7, 11) is -2.41. The third-order valence-corrected chi connectivity index (χ3v) is 7.65. The molecule has 3 aromatic carbocycles. The fraction of sp³-hybridized carbons (Fsp3) is 0.296. The summed E-state index contributed by atoms with van der Waals surface area (Å²) in [6.45, 7) is 4.62. The number of carbonyl (C=O) groups is 1. The van der Waals surface area contributed by atoms with Gasteiger partial charge in [0.15, 0.2) is 0 Å². The van der Waals surface area contributed by atoms with Crippen molar-refractivity contribution in [2.24, 2.45) is 0 Å². The van der Waals surface area contributed by atoms with E-state index >= 15 is 0 Å². The molecule has 0 saturated carbocycles. The molecule has 10 heteroatoms. The quantitative estimate of drug-likeness (QED) is 0.440. The number of benzene rings is 3. The van der Waals surface area contributed by atoms with E-state index in [1.807, 2.05) is 24.3 Å². The molecule has 0 radical (unpaired) electrons. The standard InChI is InChI=1S/C27H30FN3O5S/c1-19-6-11-24(17-25(19)28)37(33,34)30-22-5-3-4-21(16-22)27(32)29-18-26(31-12-14-36-15-13-31)20-7-9-23(35-2)10-8-20/h3-11,16-17,26,30H,12-15,18H2,1-2H3,(H,29,32)/t26-/m1/s1. The Morgan fingerprint density at radius 3 is 2.49 bits per heavy atom. The predicted molar refractivity (Wildman–Crippen MR) is 139 cm³/mol. The number of aryl methyl sites for hydroxylation is 1. The highest BCUT2D eigenvalue weighted by molar-refractivity contribution is 7.92. The van der Waals surface area contributed by atoms with Crippen molar-refractivity contribution < 1.29 is 27.1 Å². The Bertz CT molecular complexity index is 1340. The van der Waals surface area contributed by atoms with Gasteiger partial charge in [0.05, 0.1) is 31.3 Å². The minimum Gasteiger partial charge on any atom is -0.497 e. The van der Waals surface area contributed by atoms with Crippen molar-refractivity contribution in [3.8, 4) is 5.75 Å². The lowest BCUT2D eigenvalue weighted by Crippen LogP contribution is -2.43. The van der Waals surface area contributed by atoms with Gasteiger partial charge in [-0.1, -0.05) is 24.3 Å². The van der Waals surface area contributed by atoms with Gasteiger partial charge in [-0.2, -0.15) is 0 Å². The zero-order valence-corrected chi connectivity index (χ0v) is 21.6. The van der Waals surface area contributed by atoms with E-state index in [-0.39, 0.29) is 22.5 Å². The molecule has 1 amide bonds. The minimum absolute atomic E-state index is 0.0723. The first-order valence-electron chi connectivity index (χ1n) is 11.9. The van der Waals surface area contributed by atoms with Crippen LogP contribution in [0.1, 0.15) is 27.5 Å². The fourth-order valence-electron chi connectivity index (χ4n) is 4.14. The van der Waals surface area contributed by atoms with Gasteiger partial charge in [0.1, 0.15) is 11.6 Å². The molecular formula is C27H30FN3O5S. The Hall–Kier alpha value is -3.47. The number of halogens is 1. The summed E-state index contributed by atoms with van der Waals surface area (Å²) in [5.41, 5.74) is 1.89. The highest BCUT2D eigenvalue weighted by Gasteiger charge is 2.24. The second-order valence-electron chi connectivity index (χ2n) is 8.74.